The smallest absolute Gasteiger partial charge is 0.228 e. The Morgan fingerprint density at radius 2 is 1.71 bits per heavy atom. The molecule has 1 atom stereocenters. The molecule has 2 heterocycles. The minimum atomic E-state index is -0.754. The van der Waals surface area contributed by atoms with Gasteiger partial charge in [0.15, 0.2) is 0 Å². The lowest BCUT2D eigenvalue weighted by atomic mass is 10.1. The van der Waals surface area contributed by atoms with Crippen molar-refractivity contribution in [1.29, 1.82) is 0 Å². The summed E-state index contributed by atoms with van der Waals surface area (Å²) in [6, 6.07) is 11.0. The first-order chi connectivity index (χ1) is 14.9. The maximum absolute atomic E-state index is 13.5. The Balaban J connectivity index is 1.37. The molecule has 2 aromatic carbocycles. The second-order valence-corrected chi connectivity index (χ2v) is 7.99. The van der Waals surface area contributed by atoms with E-state index in [-0.39, 0.29) is 30.5 Å². The molecule has 4 rings (SSSR count). The Kier molecular flexibility index (Phi) is 6.18. The molecule has 6 nitrogen and oxygen atoms in total. The van der Waals surface area contributed by atoms with Crippen molar-refractivity contribution in [3.8, 4) is 0 Å². The van der Waals surface area contributed by atoms with Crippen LogP contribution in [0.25, 0.3) is 0 Å². The van der Waals surface area contributed by atoms with Crippen molar-refractivity contribution in [3.05, 3.63) is 59.7 Å². The molecular weight excluding hydrogens is 404 g/mol. The summed E-state index contributed by atoms with van der Waals surface area (Å²) in [6.07, 6.45) is 0.0251. The Labute approximate surface area is 180 Å². The number of rotatable bonds is 5. The summed E-state index contributed by atoms with van der Waals surface area (Å²) >= 11 is 0. The largest absolute Gasteiger partial charge is 0.378 e. The molecule has 0 saturated carbocycles. The van der Waals surface area contributed by atoms with Crippen LogP contribution < -0.4 is 9.80 Å². The van der Waals surface area contributed by atoms with Gasteiger partial charge in [-0.2, -0.15) is 0 Å². The van der Waals surface area contributed by atoms with Gasteiger partial charge in [-0.15, -0.1) is 0 Å². The van der Waals surface area contributed by atoms with E-state index >= 15 is 0 Å². The van der Waals surface area contributed by atoms with Crippen LogP contribution >= 0.6 is 0 Å². The molecule has 31 heavy (non-hydrogen) atoms. The molecule has 2 aliphatic rings. The van der Waals surface area contributed by atoms with Gasteiger partial charge in [0, 0.05) is 57.1 Å². The fraction of sp³-hybridized carbons (Fsp3) is 0.391. The van der Waals surface area contributed by atoms with Gasteiger partial charge >= 0.3 is 0 Å². The maximum Gasteiger partial charge on any atom is 0.228 e. The van der Waals surface area contributed by atoms with Gasteiger partial charge in [0.05, 0.1) is 19.1 Å². The van der Waals surface area contributed by atoms with Crippen LogP contribution in [0.5, 0.6) is 0 Å². The number of carbonyl (C=O) groups excluding carboxylic acids is 2. The van der Waals surface area contributed by atoms with Crippen molar-refractivity contribution in [2.45, 2.75) is 13.0 Å². The van der Waals surface area contributed by atoms with E-state index in [1.165, 1.54) is 4.90 Å². The first kappa shape index (κ1) is 21.2. The van der Waals surface area contributed by atoms with Crippen LogP contribution in [-0.4, -0.2) is 56.6 Å². The van der Waals surface area contributed by atoms with E-state index in [1.54, 1.807) is 11.9 Å². The van der Waals surface area contributed by atoms with Crippen molar-refractivity contribution in [2.24, 2.45) is 5.92 Å². The molecular formula is C23H25F2N3O3. The molecule has 2 saturated heterocycles. The number of morpholine rings is 1. The summed E-state index contributed by atoms with van der Waals surface area (Å²) in [7, 11) is 1.70. The molecule has 2 aliphatic heterocycles. The zero-order valence-electron chi connectivity index (χ0n) is 17.4. The normalized spacial score (nSPS) is 19.1. The van der Waals surface area contributed by atoms with E-state index < -0.39 is 17.6 Å². The average molecular weight is 429 g/mol. The number of hydrogen-bond donors (Lipinski definition) is 0. The number of benzene rings is 2. The fourth-order valence-electron chi connectivity index (χ4n) is 4.11. The van der Waals surface area contributed by atoms with Crippen molar-refractivity contribution in [1.82, 2.24) is 4.90 Å². The Morgan fingerprint density at radius 3 is 2.35 bits per heavy atom. The van der Waals surface area contributed by atoms with Crippen LogP contribution in [0.15, 0.2) is 42.5 Å². The van der Waals surface area contributed by atoms with Crippen molar-refractivity contribution in [2.75, 3.05) is 49.7 Å². The first-order valence-corrected chi connectivity index (χ1v) is 10.3. The molecule has 0 aromatic heterocycles. The average Bonchev–Trinajstić information content (AvgIpc) is 3.15. The Morgan fingerprint density at radius 1 is 1.06 bits per heavy atom. The zero-order chi connectivity index (χ0) is 22.0. The lowest BCUT2D eigenvalue weighted by molar-refractivity contribution is -0.135. The quantitative estimate of drug-likeness (QED) is 0.734. The van der Waals surface area contributed by atoms with Gasteiger partial charge < -0.3 is 19.4 Å². The predicted octanol–water partition coefficient (Wildman–Crippen LogP) is 2.81. The monoisotopic (exact) mass is 429 g/mol. The standard InChI is InChI=1S/C23H25F2N3O3/c1-26(14-16-2-4-20(5-3-16)27-6-8-31-9-7-27)23(30)17-10-22(29)28(15-17)21-12-18(24)11-19(25)13-21/h2-5,11-13,17H,6-10,14-15H2,1H3. The second-order valence-electron chi connectivity index (χ2n) is 7.99. The molecule has 0 spiro atoms. The molecule has 1 unspecified atom stereocenters. The number of hydrogen-bond acceptors (Lipinski definition) is 4. The van der Waals surface area contributed by atoms with Crippen molar-refractivity contribution in [3.63, 3.8) is 0 Å². The molecule has 2 fully saturated rings. The van der Waals surface area contributed by atoms with Gasteiger partial charge in [0.25, 0.3) is 0 Å². The minimum absolute atomic E-state index is 0.0251. The van der Waals surface area contributed by atoms with Crippen molar-refractivity contribution >= 4 is 23.2 Å². The van der Waals surface area contributed by atoms with Crippen LogP contribution in [0, 0.1) is 17.6 Å². The maximum atomic E-state index is 13.5. The highest BCUT2D eigenvalue weighted by atomic mass is 19.1. The summed E-state index contributed by atoms with van der Waals surface area (Å²) < 4.78 is 32.4. The van der Waals surface area contributed by atoms with Crippen LogP contribution in [0.3, 0.4) is 0 Å². The van der Waals surface area contributed by atoms with Gasteiger partial charge in [-0.05, 0) is 29.8 Å². The summed E-state index contributed by atoms with van der Waals surface area (Å²) in [5.41, 5.74) is 2.25. The third-order valence-electron chi connectivity index (χ3n) is 5.74. The van der Waals surface area contributed by atoms with Crippen molar-refractivity contribution < 1.29 is 23.1 Å². The molecule has 2 aromatic rings. The number of ether oxygens (including phenoxy) is 1. The summed E-state index contributed by atoms with van der Waals surface area (Å²) in [4.78, 5) is 30.4. The van der Waals surface area contributed by atoms with Crippen LogP contribution in [0.4, 0.5) is 20.2 Å². The fourth-order valence-corrected chi connectivity index (χ4v) is 4.11. The third-order valence-corrected chi connectivity index (χ3v) is 5.74. The summed E-state index contributed by atoms with van der Waals surface area (Å²) in [6.45, 7) is 3.69. The van der Waals surface area contributed by atoms with E-state index in [4.69, 9.17) is 4.74 Å². The first-order valence-electron chi connectivity index (χ1n) is 10.3. The number of anilines is 2. The number of nitrogens with zero attached hydrogens (tertiary/aromatic N) is 3. The predicted molar refractivity (Wildman–Crippen MR) is 113 cm³/mol. The summed E-state index contributed by atoms with van der Waals surface area (Å²) in [5.74, 6) is -2.53. The molecule has 8 heteroatoms. The van der Waals surface area contributed by atoms with Crippen LogP contribution in [-0.2, 0) is 20.9 Å². The molecule has 0 bridgehead atoms. The van der Waals surface area contributed by atoms with Crippen LogP contribution in [0.2, 0.25) is 0 Å². The summed E-state index contributed by atoms with van der Waals surface area (Å²) in [5, 5.41) is 0. The highest BCUT2D eigenvalue weighted by Gasteiger charge is 2.36. The van der Waals surface area contributed by atoms with Gasteiger partial charge in [0.1, 0.15) is 11.6 Å². The van der Waals surface area contributed by atoms with Gasteiger partial charge in [-0.3, -0.25) is 9.59 Å². The van der Waals surface area contributed by atoms with Gasteiger partial charge in [-0.1, -0.05) is 12.1 Å². The second kappa shape index (κ2) is 9.01. The molecule has 0 N–H and O–H groups in total. The molecule has 2 amide bonds. The number of halogens is 2. The Hall–Kier alpha value is -3.00. The Bertz CT molecular complexity index is 941. The van der Waals surface area contributed by atoms with E-state index in [0.717, 1.165) is 55.8 Å². The molecule has 0 aliphatic carbocycles. The highest BCUT2D eigenvalue weighted by Crippen LogP contribution is 2.28. The third kappa shape index (κ3) is 4.85. The SMILES string of the molecule is CN(Cc1ccc(N2CCOCC2)cc1)C(=O)C1CC(=O)N(c2cc(F)cc(F)c2)C1. The van der Waals surface area contributed by atoms with E-state index in [1.807, 2.05) is 24.3 Å². The lowest BCUT2D eigenvalue weighted by Gasteiger charge is -2.29. The number of amides is 2. The zero-order valence-corrected chi connectivity index (χ0v) is 17.4. The van der Waals surface area contributed by atoms with E-state index in [2.05, 4.69) is 4.90 Å². The van der Waals surface area contributed by atoms with Gasteiger partial charge in [-0.25, -0.2) is 8.78 Å². The number of carbonyl (C=O) groups is 2. The molecule has 0 radical (unpaired) electrons. The van der Waals surface area contributed by atoms with E-state index in [9.17, 15) is 18.4 Å². The lowest BCUT2D eigenvalue weighted by Crippen LogP contribution is -2.36. The highest BCUT2D eigenvalue weighted by molar-refractivity contribution is 6.00. The van der Waals surface area contributed by atoms with Gasteiger partial charge in [0.2, 0.25) is 11.8 Å². The van der Waals surface area contributed by atoms with E-state index in [0.29, 0.717) is 6.54 Å². The van der Waals surface area contributed by atoms with Crippen LogP contribution in [0.1, 0.15) is 12.0 Å². The minimum Gasteiger partial charge on any atom is -0.378 e. The topological polar surface area (TPSA) is 53.1 Å². The molecule has 164 valence electrons.